The van der Waals surface area contributed by atoms with Gasteiger partial charge in [-0.15, -0.1) is 0 Å². The van der Waals surface area contributed by atoms with Crippen molar-refractivity contribution in [3.05, 3.63) is 48.5 Å². The highest BCUT2D eigenvalue weighted by Gasteiger charge is 2.09. The summed E-state index contributed by atoms with van der Waals surface area (Å²) in [6.07, 6.45) is 0. The Morgan fingerprint density at radius 1 is 1.06 bits per heavy atom. The fraction of sp³-hybridized carbons (Fsp3) is 0.0714. The van der Waals surface area contributed by atoms with Crippen LogP contribution in [-0.2, 0) is 0 Å². The van der Waals surface area contributed by atoms with Crippen LogP contribution in [0.1, 0.15) is 0 Å². The largest absolute Gasteiger partial charge is 0.497 e. The van der Waals surface area contributed by atoms with Crippen LogP contribution in [0.3, 0.4) is 0 Å². The standard InChI is InChI=1S/C14H13N3O/c1-18-11-8-6-10(7-9-11)14-16-12-4-2-3-5-13(12)17(14)15/h2-9H,15H2,1H3. The molecule has 0 unspecified atom stereocenters. The zero-order chi connectivity index (χ0) is 12.5. The summed E-state index contributed by atoms with van der Waals surface area (Å²) < 4.78 is 6.74. The van der Waals surface area contributed by atoms with E-state index in [9.17, 15) is 0 Å². The maximum absolute atomic E-state index is 6.06. The number of nitrogen functional groups attached to an aromatic ring is 1. The average Bonchev–Trinajstić information content (AvgIpc) is 2.77. The van der Waals surface area contributed by atoms with Gasteiger partial charge < -0.3 is 10.6 Å². The molecule has 1 aromatic heterocycles. The van der Waals surface area contributed by atoms with Crippen molar-refractivity contribution >= 4 is 11.0 Å². The van der Waals surface area contributed by atoms with Gasteiger partial charge >= 0.3 is 0 Å². The Morgan fingerprint density at radius 2 is 1.78 bits per heavy atom. The summed E-state index contributed by atoms with van der Waals surface area (Å²) in [6, 6.07) is 15.5. The van der Waals surface area contributed by atoms with Crippen LogP contribution < -0.4 is 10.6 Å². The number of benzene rings is 2. The first kappa shape index (κ1) is 10.7. The molecule has 0 aliphatic rings. The lowest BCUT2D eigenvalue weighted by molar-refractivity contribution is 0.415. The molecule has 0 radical (unpaired) electrons. The van der Waals surface area contributed by atoms with E-state index >= 15 is 0 Å². The molecule has 1 heterocycles. The van der Waals surface area contributed by atoms with Crippen molar-refractivity contribution in [3.63, 3.8) is 0 Å². The van der Waals surface area contributed by atoms with E-state index in [2.05, 4.69) is 4.98 Å². The Bertz CT molecular complexity index is 686. The lowest BCUT2D eigenvalue weighted by Gasteiger charge is -2.03. The number of hydrogen-bond donors (Lipinski definition) is 1. The molecule has 18 heavy (non-hydrogen) atoms. The van der Waals surface area contributed by atoms with Crippen LogP contribution in [0.5, 0.6) is 5.75 Å². The Morgan fingerprint density at radius 3 is 2.44 bits per heavy atom. The normalized spacial score (nSPS) is 10.7. The molecule has 0 atom stereocenters. The molecule has 0 aliphatic carbocycles. The molecule has 4 heteroatoms. The van der Waals surface area contributed by atoms with Gasteiger partial charge in [-0.3, -0.25) is 0 Å². The number of hydrogen-bond acceptors (Lipinski definition) is 3. The summed E-state index contributed by atoms with van der Waals surface area (Å²) in [5.74, 6) is 7.63. The van der Waals surface area contributed by atoms with E-state index in [1.165, 1.54) is 0 Å². The molecule has 3 aromatic rings. The third kappa shape index (κ3) is 1.59. The summed E-state index contributed by atoms with van der Waals surface area (Å²) in [5, 5.41) is 0. The van der Waals surface area contributed by atoms with Gasteiger partial charge in [-0.1, -0.05) is 12.1 Å². The van der Waals surface area contributed by atoms with Gasteiger partial charge in [-0.2, -0.15) is 0 Å². The van der Waals surface area contributed by atoms with E-state index < -0.39 is 0 Å². The summed E-state index contributed by atoms with van der Waals surface area (Å²) in [6.45, 7) is 0. The number of nitrogens with zero attached hydrogens (tertiary/aromatic N) is 2. The maximum Gasteiger partial charge on any atom is 0.159 e. The average molecular weight is 239 g/mol. The van der Waals surface area contributed by atoms with Gasteiger partial charge in [0.05, 0.1) is 18.1 Å². The number of rotatable bonds is 2. The maximum atomic E-state index is 6.06. The monoisotopic (exact) mass is 239 g/mol. The van der Waals surface area contributed by atoms with Gasteiger partial charge in [0.25, 0.3) is 0 Å². The van der Waals surface area contributed by atoms with Crippen molar-refractivity contribution in [2.24, 2.45) is 0 Å². The predicted octanol–water partition coefficient (Wildman–Crippen LogP) is 2.43. The van der Waals surface area contributed by atoms with Crippen LogP contribution in [-0.4, -0.2) is 16.8 Å². The fourth-order valence-electron chi connectivity index (χ4n) is 1.99. The first-order valence-electron chi connectivity index (χ1n) is 5.66. The lowest BCUT2D eigenvalue weighted by Crippen LogP contribution is -2.09. The van der Waals surface area contributed by atoms with Crippen molar-refractivity contribution in [2.45, 2.75) is 0 Å². The third-order valence-corrected chi connectivity index (χ3v) is 2.94. The van der Waals surface area contributed by atoms with Crippen LogP contribution in [0, 0.1) is 0 Å². The SMILES string of the molecule is COc1ccc(-c2nc3ccccc3n2N)cc1. The van der Waals surface area contributed by atoms with E-state index in [-0.39, 0.29) is 0 Å². The molecule has 90 valence electrons. The van der Waals surface area contributed by atoms with Crippen molar-refractivity contribution in [2.75, 3.05) is 13.0 Å². The van der Waals surface area contributed by atoms with Crippen LogP contribution in [0.25, 0.3) is 22.4 Å². The van der Waals surface area contributed by atoms with Gasteiger partial charge in [-0.05, 0) is 36.4 Å². The van der Waals surface area contributed by atoms with E-state index in [0.717, 1.165) is 28.2 Å². The molecule has 4 nitrogen and oxygen atoms in total. The molecular weight excluding hydrogens is 226 g/mol. The lowest BCUT2D eigenvalue weighted by atomic mass is 10.2. The molecule has 0 spiro atoms. The number of ether oxygens (including phenoxy) is 1. The Hall–Kier alpha value is -2.49. The van der Waals surface area contributed by atoms with Gasteiger partial charge in [-0.25, -0.2) is 9.66 Å². The minimum absolute atomic E-state index is 0.749. The van der Waals surface area contributed by atoms with Gasteiger partial charge in [0.1, 0.15) is 5.75 Å². The Balaban J connectivity index is 2.15. The summed E-state index contributed by atoms with van der Waals surface area (Å²) in [4.78, 5) is 4.54. The highest BCUT2D eigenvalue weighted by atomic mass is 16.5. The summed E-state index contributed by atoms with van der Waals surface area (Å²) in [7, 11) is 1.65. The minimum atomic E-state index is 0.749. The van der Waals surface area contributed by atoms with Crippen molar-refractivity contribution in [1.82, 2.24) is 9.66 Å². The molecule has 0 aliphatic heterocycles. The van der Waals surface area contributed by atoms with Crippen LogP contribution in [0.15, 0.2) is 48.5 Å². The zero-order valence-corrected chi connectivity index (χ0v) is 10.00. The second kappa shape index (κ2) is 4.07. The van der Waals surface area contributed by atoms with E-state index in [4.69, 9.17) is 10.6 Å². The fourth-order valence-corrected chi connectivity index (χ4v) is 1.99. The third-order valence-electron chi connectivity index (χ3n) is 2.94. The number of fused-ring (bicyclic) bond motifs is 1. The van der Waals surface area contributed by atoms with E-state index in [1.54, 1.807) is 11.8 Å². The number of aromatic nitrogens is 2. The molecule has 0 amide bonds. The minimum Gasteiger partial charge on any atom is -0.497 e. The topological polar surface area (TPSA) is 53.1 Å². The van der Waals surface area contributed by atoms with Crippen molar-refractivity contribution in [1.29, 1.82) is 0 Å². The van der Waals surface area contributed by atoms with Gasteiger partial charge in [0.2, 0.25) is 0 Å². The Labute approximate surface area is 105 Å². The van der Waals surface area contributed by atoms with Gasteiger partial charge in [0.15, 0.2) is 5.82 Å². The number of nitrogens with two attached hydrogens (primary N) is 1. The molecule has 3 rings (SSSR count). The molecule has 0 saturated heterocycles. The highest BCUT2D eigenvalue weighted by Crippen LogP contribution is 2.24. The number of para-hydroxylation sites is 2. The van der Waals surface area contributed by atoms with Crippen molar-refractivity contribution < 1.29 is 4.74 Å². The molecular formula is C14H13N3O. The quantitative estimate of drug-likeness (QED) is 0.699. The van der Waals surface area contributed by atoms with Crippen LogP contribution in [0.2, 0.25) is 0 Å². The molecule has 2 N–H and O–H groups in total. The smallest absolute Gasteiger partial charge is 0.159 e. The van der Waals surface area contributed by atoms with Gasteiger partial charge in [0, 0.05) is 5.56 Å². The molecule has 2 aromatic carbocycles. The summed E-state index contributed by atoms with van der Waals surface area (Å²) >= 11 is 0. The van der Waals surface area contributed by atoms with Crippen molar-refractivity contribution in [3.8, 4) is 17.1 Å². The second-order valence-corrected chi connectivity index (χ2v) is 4.02. The molecule has 0 fully saturated rings. The number of imidazole rings is 1. The number of methoxy groups -OCH3 is 1. The van der Waals surface area contributed by atoms with Crippen LogP contribution in [0.4, 0.5) is 0 Å². The molecule has 0 bridgehead atoms. The second-order valence-electron chi connectivity index (χ2n) is 4.02. The Kier molecular flexibility index (Phi) is 2.41. The molecule has 0 saturated carbocycles. The zero-order valence-electron chi connectivity index (χ0n) is 10.00. The first-order valence-corrected chi connectivity index (χ1v) is 5.66. The van der Waals surface area contributed by atoms with E-state index in [0.29, 0.717) is 0 Å². The highest BCUT2D eigenvalue weighted by molar-refractivity contribution is 5.80. The predicted molar refractivity (Wildman–Crippen MR) is 71.9 cm³/mol. The van der Waals surface area contributed by atoms with Crippen LogP contribution >= 0.6 is 0 Å². The summed E-state index contributed by atoms with van der Waals surface area (Å²) in [5.41, 5.74) is 2.78. The van der Waals surface area contributed by atoms with E-state index in [1.807, 2.05) is 48.5 Å². The first-order chi connectivity index (χ1) is 8.79.